The molecule has 9 heteroatoms. The Hall–Kier alpha value is -3.23. The summed E-state index contributed by atoms with van der Waals surface area (Å²) in [4.78, 5) is 17.1. The third-order valence-corrected chi connectivity index (χ3v) is 5.33. The van der Waals surface area contributed by atoms with Crippen molar-refractivity contribution in [2.75, 3.05) is 7.11 Å². The summed E-state index contributed by atoms with van der Waals surface area (Å²) in [7, 11) is 3.50. The number of hydrogen-bond acceptors (Lipinski definition) is 6. The first-order chi connectivity index (χ1) is 14.0. The first-order valence-corrected chi connectivity index (χ1v) is 9.75. The molecule has 4 aromatic rings. The Morgan fingerprint density at radius 3 is 2.97 bits per heavy atom. The molecule has 0 radical (unpaired) electrons. The molecule has 0 saturated heterocycles. The van der Waals surface area contributed by atoms with E-state index in [4.69, 9.17) is 16.3 Å². The van der Waals surface area contributed by atoms with Crippen LogP contribution in [0.25, 0.3) is 22.3 Å². The minimum atomic E-state index is -0.336. The summed E-state index contributed by atoms with van der Waals surface area (Å²) in [6, 6.07) is 12.7. The Kier molecular flexibility index (Phi) is 5.28. The maximum absolute atomic E-state index is 12.4. The molecule has 0 aliphatic rings. The normalized spacial score (nSPS) is 11.3. The van der Waals surface area contributed by atoms with Crippen molar-refractivity contribution < 1.29 is 9.53 Å². The van der Waals surface area contributed by atoms with Crippen LogP contribution < -0.4 is 10.2 Å². The van der Waals surface area contributed by atoms with E-state index < -0.39 is 0 Å². The van der Waals surface area contributed by atoms with Crippen molar-refractivity contribution in [3.05, 3.63) is 64.3 Å². The number of aromatic nitrogens is 3. The Balaban J connectivity index is 1.47. The third kappa shape index (κ3) is 3.98. The highest BCUT2D eigenvalue weighted by atomic mass is 35.5. The lowest BCUT2D eigenvalue weighted by Crippen LogP contribution is -2.16. The van der Waals surface area contributed by atoms with Crippen LogP contribution in [0.3, 0.4) is 0 Å². The Morgan fingerprint density at radius 2 is 2.14 bits per heavy atom. The van der Waals surface area contributed by atoms with Crippen LogP contribution in [-0.2, 0) is 7.05 Å². The van der Waals surface area contributed by atoms with Gasteiger partial charge in [-0.1, -0.05) is 17.7 Å². The summed E-state index contributed by atoms with van der Waals surface area (Å²) < 4.78 is 11.6. The first kappa shape index (κ1) is 19.1. The topological polar surface area (TPSA) is 81.4 Å². The monoisotopic (exact) mass is 425 g/mol. The highest BCUT2D eigenvalue weighted by Gasteiger charge is 2.14. The van der Waals surface area contributed by atoms with Gasteiger partial charge >= 0.3 is 0 Å². The quantitative estimate of drug-likeness (QED) is 0.385. The van der Waals surface area contributed by atoms with Gasteiger partial charge in [0.2, 0.25) is 0 Å². The molecule has 2 aromatic carbocycles. The van der Waals surface area contributed by atoms with Crippen LogP contribution in [0.15, 0.2) is 53.9 Å². The summed E-state index contributed by atoms with van der Waals surface area (Å²) in [5.74, 6) is 0.259. The SMILES string of the molecule is COc1cc(Cl)ccc1-c1cc(C(=O)NN=Cc2ccc3c(c2)ncn3C)sn1. The maximum atomic E-state index is 12.4. The molecule has 1 amide bonds. The zero-order chi connectivity index (χ0) is 20.4. The van der Waals surface area contributed by atoms with Crippen molar-refractivity contribution in [2.45, 2.75) is 0 Å². The molecule has 146 valence electrons. The highest BCUT2D eigenvalue weighted by molar-refractivity contribution is 7.08. The molecule has 7 nitrogen and oxygen atoms in total. The zero-order valence-corrected chi connectivity index (χ0v) is 17.2. The lowest BCUT2D eigenvalue weighted by Gasteiger charge is -2.06. The van der Waals surface area contributed by atoms with Gasteiger partial charge in [0, 0.05) is 17.6 Å². The van der Waals surface area contributed by atoms with E-state index in [0.717, 1.165) is 33.7 Å². The van der Waals surface area contributed by atoms with Crippen molar-refractivity contribution >= 4 is 46.3 Å². The molecule has 0 aliphatic heterocycles. The molecule has 0 spiro atoms. The molecule has 1 N–H and O–H groups in total. The van der Waals surface area contributed by atoms with Gasteiger partial charge in [0.25, 0.3) is 5.91 Å². The Morgan fingerprint density at radius 1 is 1.28 bits per heavy atom. The number of fused-ring (bicyclic) bond motifs is 1. The van der Waals surface area contributed by atoms with E-state index >= 15 is 0 Å². The molecule has 0 saturated carbocycles. The van der Waals surface area contributed by atoms with E-state index in [1.54, 1.807) is 37.9 Å². The third-order valence-electron chi connectivity index (χ3n) is 4.30. The van der Waals surface area contributed by atoms with Gasteiger partial charge in [0.05, 0.1) is 36.4 Å². The highest BCUT2D eigenvalue weighted by Crippen LogP contribution is 2.33. The van der Waals surface area contributed by atoms with E-state index in [1.807, 2.05) is 35.9 Å². The van der Waals surface area contributed by atoms with Gasteiger partial charge in [-0.2, -0.15) is 9.47 Å². The van der Waals surface area contributed by atoms with Crippen LogP contribution in [0.4, 0.5) is 0 Å². The Labute approximate surface area is 175 Å². The van der Waals surface area contributed by atoms with Crippen molar-refractivity contribution in [2.24, 2.45) is 12.1 Å². The largest absolute Gasteiger partial charge is 0.496 e. The number of hydrazone groups is 1. The molecular weight excluding hydrogens is 410 g/mol. The van der Waals surface area contributed by atoms with Gasteiger partial charge in [0.15, 0.2) is 0 Å². The van der Waals surface area contributed by atoms with E-state index in [2.05, 4.69) is 19.9 Å². The fourth-order valence-corrected chi connectivity index (χ4v) is 3.64. The lowest BCUT2D eigenvalue weighted by atomic mass is 10.1. The number of imidazole rings is 1. The fraction of sp³-hybridized carbons (Fsp3) is 0.100. The molecule has 0 atom stereocenters. The number of ether oxygens (including phenoxy) is 1. The summed E-state index contributed by atoms with van der Waals surface area (Å²) >= 11 is 7.09. The van der Waals surface area contributed by atoms with Gasteiger partial charge in [0.1, 0.15) is 10.6 Å². The fourth-order valence-electron chi connectivity index (χ4n) is 2.84. The average Bonchev–Trinajstić information content (AvgIpc) is 3.35. The van der Waals surface area contributed by atoms with E-state index in [9.17, 15) is 4.79 Å². The van der Waals surface area contributed by atoms with Crippen LogP contribution in [0, 0.1) is 0 Å². The number of carbonyl (C=O) groups excluding carboxylic acids is 1. The van der Waals surface area contributed by atoms with Gasteiger partial charge in [-0.25, -0.2) is 10.4 Å². The Bertz CT molecular complexity index is 1230. The number of methoxy groups -OCH3 is 1. The standard InChI is InChI=1S/C20H16ClN5O2S/c1-26-11-22-16-7-12(3-6-17(16)26)10-23-24-20(27)19-9-15(25-29-19)14-5-4-13(21)8-18(14)28-2/h3-11H,1-2H3,(H,24,27). The number of amides is 1. The van der Waals surface area contributed by atoms with Crippen LogP contribution in [0.5, 0.6) is 5.75 Å². The van der Waals surface area contributed by atoms with Gasteiger partial charge in [-0.3, -0.25) is 4.79 Å². The average molecular weight is 426 g/mol. The van der Waals surface area contributed by atoms with Crippen LogP contribution in [0.1, 0.15) is 15.2 Å². The number of nitrogens with one attached hydrogen (secondary N) is 1. The molecule has 0 bridgehead atoms. The number of halogens is 1. The molecule has 4 rings (SSSR count). The van der Waals surface area contributed by atoms with Crippen LogP contribution in [-0.4, -0.2) is 33.2 Å². The summed E-state index contributed by atoms with van der Waals surface area (Å²) in [5, 5.41) is 4.60. The van der Waals surface area contributed by atoms with Gasteiger partial charge < -0.3 is 9.30 Å². The number of aryl methyl sites for hydroxylation is 1. The minimum absolute atomic E-state index is 0.336. The van der Waals surface area contributed by atoms with Crippen molar-refractivity contribution in [3.8, 4) is 17.0 Å². The lowest BCUT2D eigenvalue weighted by molar-refractivity contribution is 0.0959. The van der Waals surface area contributed by atoms with Crippen LogP contribution in [0.2, 0.25) is 5.02 Å². The molecule has 2 heterocycles. The summed E-state index contributed by atoms with van der Waals surface area (Å²) in [6.07, 6.45) is 3.33. The molecule has 0 fully saturated rings. The summed E-state index contributed by atoms with van der Waals surface area (Å²) in [5.41, 5.74) is 6.66. The number of nitrogens with zero attached hydrogens (tertiary/aromatic N) is 4. The second-order valence-corrected chi connectivity index (χ2v) is 7.47. The number of hydrogen-bond donors (Lipinski definition) is 1. The maximum Gasteiger partial charge on any atom is 0.283 e. The zero-order valence-electron chi connectivity index (χ0n) is 15.6. The predicted octanol–water partition coefficient (Wildman–Crippen LogP) is 4.12. The molecule has 0 aliphatic carbocycles. The molecule has 0 unspecified atom stereocenters. The molecule has 2 aromatic heterocycles. The van der Waals surface area contributed by atoms with E-state index in [-0.39, 0.29) is 5.91 Å². The van der Waals surface area contributed by atoms with Gasteiger partial charge in [-0.15, -0.1) is 0 Å². The predicted molar refractivity (Wildman–Crippen MR) is 115 cm³/mol. The second kappa shape index (κ2) is 8.02. The molecule has 29 heavy (non-hydrogen) atoms. The summed E-state index contributed by atoms with van der Waals surface area (Å²) in [6.45, 7) is 0. The smallest absolute Gasteiger partial charge is 0.283 e. The van der Waals surface area contributed by atoms with Crippen molar-refractivity contribution in [1.82, 2.24) is 19.4 Å². The van der Waals surface area contributed by atoms with Crippen LogP contribution >= 0.6 is 23.1 Å². The number of benzene rings is 2. The van der Waals surface area contributed by atoms with E-state index in [1.165, 1.54) is 0 Å². The van der Waals surface area contributed by atoms with Crippen molar-refractivity contribution in [1.29, 1.82) is 0 Å². The van der Waals surface area contributed by atoms with Crippen molar-refractivity contribution in [3.63, 3.8) is 0 Å². The molecular formula is C20H16ClN5O2S. The minimum Gasteiger partial charge on any atom is -0.496 e. The second-order valence-electron chi connectivity index (χ2n) is 6.22. The first-order valence-electron chi connectivity index (χ1n) is 8.60. The number of rotatable bonds is 5. The van der Waals surface area contributed by atoms with E-state index in [0.29, 0.717) is 21.3 Å². The number of carbonyl (C=O) groups is 1. The van der Waals surface area contributed by atoms with Gasteiger partial charge in [-0.05, 0) is 53.5 Å².